The zero-order valence-corrected chi connectivity index (χ0v) is 9.82. The van der Waals surface area contributed by atoms with Crippen molar-refractivity contribution >= 4 is 11.9 Å². The van der Waals surface area contributed by atoms with Crippen LogP contribution in [0.5, 0.6) is 0 Å². The minimum absolute atomic E-state index is 0.136. The third-order valence-corrected chi connectivity index (χ3v) is 2.13. The molecular weight excluding hydrogens is 214 g/mol. The Balaban J connectivity index is 4.21. The molecule has 0 aliphatic carbocycles. The smallest absolute Gasteiger partial charge is 0.309 e. The molecule has 3 N–H and O–H groups in total. The second-order valence-corrected chi connectivity index (χ2v) is 4.27. The van der Waals surface area contributed by atoms with Gasteiger partial charge in [0.15, 0.2) is 0 Å². The van der Waals surface area contributed by atoms with E-state index >= 15 is 0 Å². The maximum atomic E-state index is 11.5. The minimum Gasteiger partial charge on any atom is -0.481 e. The molecule has 0 fully saturated rings. The topological polar surface area (TPSA) is 95.9 Å². The molecule has 0 saturated heterocycles. The Morgan fingerprint density at radius 2 is 2.00 bits per heavy atom. The summed E-state index contributed by atoms with van der Waals surface area (Å²) in [6.45, 7) is 2.89. The first-order chi connectivity index (χ1) is 7.33. The van der Waals surface area contributed by atoms with E-state index in [-0.39, 0.29) is 19.6 Å². The number of carboxylic acids is 1. The van der Waals surface area contributed by atoms with Crippen LogP contribution in [0.15, 0.2) is 0 Å². The van der Waals surface area contributed by atoms with Crippen LogP contribution >= 0.6 is 0 Å². The standard InChI is InChI=1S/C10H19NO5/c1-10(2,9(14)15)4-8(13)11-7(5-12)6-16-3/h7,12H,4-6H2,1-3H3,(H,11,13)(H,14,15). The average molecular weight is 233 g/mol. The van der Waals surface area contributed by atoms with E-state index in [4.69, 9.17) is 14.9 Å². The summed E-state index contributed by atoms with van der Waals surface area (Å²) >= 11 is 0. The molecule has 0 aliphatic rings. The van der Waals surface area contributed by atoms with Crippen molar-refractivity contribution in [3.05, 3.63) is 0 Å². The minimum atomic E-state index is -1.11. The first-order valence-corrected chi connectivity index (χ1v) is 4.96. The van der Waals surface area contributed by atoms with E-state index in [1.54, 1.807) is 0 Å². The number of aliphatic hydroxyl groups excluding tert-OH is 1. The van der Waals surface area contributed by atoms with Gasteiger partial charge in [-0.15, -0.1) is 0 Å². The molecule has 0 radical (unpaired) electrons. The van der Waals surface area contributed by atoms with Gasteiger partial charge in [0.2, 0.25) is 5.91 Å². The lowest BCUT2D eigenvalue weighted by atomic mass is 9.89. The number of carboxylic acid groups (broad SMARTS) is 1. The lowest BCUT2D eigenvalue weighted by molar-refractivity contribution is -0.149. The molecule has 16 heavy (non-hydrogen) atoms. The van der Waals surface area contributed by atoms with Crippen LogP contribution in [-0.4, -0.2) is 48.5 Å². The summed E-state index contributed by atoms with van der Waals surface area (Å²) in [5.41, 5.74) is -1.11. The highest BCUT2D eigenvalue weighted by Crippen LogP contribution is 2.20. The van der Waals surface area contributed by atoms with Crippen molar-refractivity contribution in [1.29, 1.82) is 0 Å². The Morgan fingerprint density at radius 3 is 2.38 bits per heavy atom. The molecule has 0 bridgehead atoms. The van der Waals surface area contributed by atoms with Crippen LogP contribution < -0.4 is 5.32 Å². The Kier molecular flexibility index (Phi) is 5.98. The number of hydrogen-bond donors (Lipinski definition) is 3. The molecule has 1 unspecified atom stereocenters. The van der Waals surface area contributed by atoms with Crippen LogP contribution in [-0.2, 0) is 14.3 Å². The second-order valence-electron chi connectivity index (χ2n) is 4.27. The fraction of sp³-hybridized carbons (Fsp3) is 0.800. The van der Waals surface area contributed by atoms with E-state index in [9.17, 15) is 9.59 Å². The third-order valence-electron chi connectivity index (χ3n) is 2.13. The number of amides is 1. The number of hydrogen-bond acceptors (Lipinski definition) is 4. The van der Waals surface area contributed by atoms with Crippen molar-refractivity contribution in [3.8, 4) is 0 Å². The Hall–Kier alpha value is -1.14. The lowest BCUT2D eigenvalue weighted by Gasteiger charge is -2.21. The summed E-state index contributed by atoms with van der Waals surface area (Å²) in [6.07, 6.45) is -0.136. The molecule has 1 atom stereocenters. The van der Waals surface area contributed by atoms with Gasteiger partial charge in [0.25, 0.3) is 0 Å². The predicted octanol–water partition coefficient (Wildman–Crippen LogP) is -0.389. The molecular formula is C10H19NO5. The van der Waals surface area contributed by atoms with Crippen molar-refractivity contribution in [2.24, 2.45) is 5.41 Å². The molecule has 0 spiro atoms. The number of aliphatic carboxylic acids is 1. The zero-order chi connectivity index (χ0) is 12.8. The largest absolute Gasteiger partial charge is 0.481 e. The summed E-state index contributed by atoms with van der Waals surface area (Å²) in [4.78, 5) is 22.2. The number of methoxy groups -OCH3 is 1. The number of rotatable bonds is 7. The summed E-state index contributed by atoms with van der Waals surface area (Å²) in [5, 5.41) is 20.2. The van der Waals surface area contributed by atoms with Gasteiger partial charge in [-0.05, 0) is 13.8 Å². The van der Waals surface area contributed by atoms with Crippen molar-refractivity contribution < 1.29 is 24.5 Å². The molecule has 1 amide bonds. The maximum Gasteiger partial charge on any atom is 0.309 e. The van der Waals surface area contributed by atoms with Gasteiger partial charge in [-0.2, -0.15) is 0 Å². The van der Waals surface area contributed by atoms with Crippen molar-refractivity contribution in [1.82, 2.24) is 5.32 Å². The molecule has 0 aromatic carbocycles. The van der Waals surface area contributed by atoms with Crippen LogP contribution in [0, 0.1) is 5.41 Å². The van der Waals surface area contributed by atoms with Gasteiger partial charge in [0.05, 0.1) is 24.7 Å². The van der Waals surface area contributed by atoms with Crippen LogP contribution in [0.3, 0.4) is 0 Å². The van der Waals surface area contributed by atoms with Gasteiger partial charge in [-0.25, -0.2) is 0 Å². The quantitative estimate of drug-likeness (QED) is 0.556. The van der Waals surface area contributed by atoms with E-state index in [0.29, 0.717) is 0 Å². The molecule has 0 heterocycles. The normalized spacial score (nSPS) is 13.2. The second kappa shape index (κ2) is 6.44. The molecule has 6 heteroatoms. The SMILES string of the molecule is COCC(CO)NC(=O)CC(C)(C)C(=O)O. The van der Waals surface area contributed by atoms with Gasteiger partial charge >= 0.3 is 5.97 Å². The molecule has 94 valence electrons. The fourth-order valence-corrected chi connectivity index (χ4v) is 1.10. The first kappa shape index (κ1) is 14.9. The van der Waals surface area contributed by atoms with Gasteiger partial charge in [-0.3, -0.25) is 9.59 Å². The van der Waals surface area contributed by atoms with Crippen molar-refractivity contribution in [3.63, 3.8) is 0 Å². The molecule has 0 aromatic heterocycles. The highest BCUT2D eigenvalue weighted by atomic mass is 16.5. The summed E-state index contributed by atoms with van der Waals surface area (Å²) in [6, 6.07) is -0.498. The van der Waals surface area contributed by atoms with Crippen molar-refractivity contribution in [2.75, 3.05) is 20.3 Å². The Labute approximate surface area is 94.6 Å². The van der Waals surface area contributed by atoms with Gasteiger partial charge in [0, 0.05) is 13.5 Å². The van der Waals surface area contributed by atoms with Gasteiger partial charge < -0.3 is 20.3 Å². The van der Waals surface area contributed by atoms with E-state index < -0.39 is 23.3 Å². The highest BCUT2D eigenvalue weighted by Gasteiger charge is 2.30. The van der Waals surface area contributed by atoms with Crippen LogP contribution in [0.2, 0.25) is 0 Å². The van der Waals surface area contributed by atoms with Crippen LogP contribution in [0.25, 0.3) is 0 Å². The monoisotopic (exact) mass is 233 g/mol. The summed E-state index contributed by atoms with van der Waals surface area (Å²) in [5.74, 6) is -1.45. The van der Waals surface area contributed by atoms with E-state index in [2.05, 4.69) is 5.32 Å². The predicted molar refractivity (Wildman–Crippen MR) is 56.9 cm³/mol. The number of aliphatic hydroxyl groups is 1. The number of nitrogens with one attached hydrogen (secondary N) is 1. The number of carbonyl (C=O) groups excluding carboxylic acids is 1. The number of ether oxygens (including phenoxy) is 1. The average Bonchev–Trinajstić information content (AvgIpc) is 2.15. The highest BCUT2D eigenvalue weighted by molar-refractivity contribution is 5.84. The third kappa shape index (κ3) is 5.09. The summed E-state index contributed by atoms with van der Waals surface area (Å²) < 4.78 is 4.78. The summed E-state index contributed by atoms with van der Waals surface area (Å²) in [7, 11) is 1.45. The van der Waals surface area contributed by atoms with Gasteiger partial charge in [0.1, 0.15) is 0 Å². The molecule has 0 saturated carbocycles. The lowest BCUT2D eigenvalue weighted by Crippen LogP contribution is -2.43. The molecule has 0 aromatic rings. The molecule has 0 aliphatic heterocycles. The Morgan fingerprint density at radius 1 is 1.44 bits per heavy atom. The Bertz CT molecular complexity index is 252. The molecule has 6 nitrogen and oxygen atoms in total. The van der Waals surface area contributed by atoms with Crippen LogP contribution in [0.4, 0.5) is 0 Å². The maximum absolute atomic E-state index is 11.5. The van der Waals surface area contributed by atoms with Crippen LogP contribution in [0.1, 0.15) is 20.3 Å². The molecule has 0 rings (SSSR count). The van der Waals surface area contributed by atoms with E-state index in [1.165, 1.54) is 21.0 Å². The van der Waals surface area contributed by atoms with Crippen molar-refractivity contribution in [2.45, 2.75) is 26.3 Å². The van der Waals surface area contributed by atoms with E-state index in [0.717, 1.165) is 0 Å². The fourth-order valence-electron chi connectivity index (χ4n) is 1.10. The first-order valence-electron chi connectivity index (χ1n) is 4.96. The number of carbonyl (C=O) groups is 2. The van der Waals surface area contributed by atoms with Gasteiger partial charge in [-0.1, -0.05) is 0 Å². The van der Waals surface area contributed by atoms with E-state index in [1.807, 2.05) is 0 Å². The zero-order valence-electron chi connectivity index (χ0n) is 9.82.